The predicted octanol–water partition coefficient (Wildman–Crippen LogP) is 4.70. The number of benzene rings is 2. The summed E-state index contributed by atoms with van der Waals surface area (Å²) >= 11 is 0. The number of rotatable bonds is 4. The lowest BCUT2D eigenvalue weighted by molar-refractivity contribution is 0.0932. The molecule has 3 aromatic rings. The molecule has 0 spiro atoms. The molecule has 1 unspecified atom stereocenters. The third-order valence-electron chi connectivity index (χ3n) is 5.11. The van der Waals surface area contributed by atoms with E-state index in [1.165, 1.54) is 0 Å². The number of fused-ring (bicyclic) bond motifs is 1. The van der Waals surface area contributed by atoms with E-state index in [0.717, 1.165) is 22.3 Å². The second-order valence-corrected chi connectivity index (χ2v) is 7.06. The van der Waals surface area contributed by atoms with Crippen LogP contribution in [0.1, 0.15) is 50.7 Å². The molecule has 29 heavy (non-hydrogen) atoms. The highest BCUT2D eigenvalue weighted by molar-refractivity contribution is 6.00. The van der Waals surface area contributed by atoms with Crippen molar-refractivity contribution in [3.8, 4) is 17.6 Å². The standard InChI is InChI=1S/C24H20N2O3/c1-15-13-20-21(27)9-12-28-23(20)16(2)22(15)29-24(19-7-10-26-11-8-19)18-5-3-17(14-25)4-6-18/h3-8,10-11,13,24H,9,12H2,1-2H3. The average molecular weight is 384 g/mol. The topological polar surface area (TPSA) is 72.2 Å². The highest BCUT2D eigenvalue weighted by Crippen LogP contribution is 2.40. The Kier molecular flexibility index (Phi) is 5.01. The Morgan fingerprint density at radius 2 is 1.79 bits per heavy atom. The first-order valence-electron chi connectivity index (χ1n) is 9.45. The van der Waals surface area contributed by atoms with Crippen molar-refractivity contribution in [3.63, 3.8) is 0 Å². The van der Waals surface area contributed by atoms with Gasteiger partial charge in [0.05, 0.1) is 23.8 Å². The monoisotopic (exact) mass is 384 g/mol. The summed E-state index contributed by atoms with van der Waals surface area (Å²) in [4.78, 5) is 16.4. The van der Waals surface area contributed by atoms with Crippen molar-refractivity contribution in [1.82, 2.24) is 4.98 Å². The molecule has 0 radical (unpaired) electrons. The minimum absolute atomic E-state index is 0.0989. The number of nitrogens with zero attached hydrogens (tertiary/aromatic N) is 2. The summed E-state index contributed by atoms with van der Waals surface area (Å²) < 4.78 is 12.3. The number of nitriles is 1. The zero-order chi connectivity index (χ0) is 20.4. The highest BCUT2D eigenvalue weighted by atomic mass is 16.5. The molecule has 144 valence electrons. The maximum atomic E-state index is 12.3. The SMILES string of the molecule is Cc1cc2c(c(C)c1OC(c1ccncc1)c1ccc(C#N)cc1)OCCC2=O. The lowest BCUT2D eigenvalue weighted by atomic mass is 9.97. The second kappa shape index (κ2) is 7.76. The summed E-state index contributed by atoms with van der Waals surface area (Å²) in [5.41, 5.74) is 4.78. The first-order valence-corrected chi connectivity index (χ1v) is 9.45. The lowest BCUT2D eigenvalue weighted by Crippen LogP contribution is -2.18. The van der Waals surface area contributed by atoms with Crippen molar-refractivity contribution in [1.29, 1.82) is 5.26 Å². The molecule has 1 atom stereocenters. The first-order chi connectivity index (χ1) is 14.1. The fourth-order valence-corrected chi connectivity index (χ4v) is 3.62. The Bertz CT molecular complexity index is 1100. The Balaban J connectivity index is 1.79. The minimum atomic E-state index is -0.388. The molecule has 0 bridgehead atoms. The van der Waals surface area contributed by atoms with Gasteiger partial charge < -0.3 is 9.47 Å². The number of aryl methyl sites for hydroxylation is 1. The number of carbonyl (C=O) groups excluding carboxylic acids is 1. The van der Waals surface area contributed by atoms with Gasteiger partial charge in [0.25, 0.3) is 0 Å². The molecule has 4 rings (SSSR count). The van der Waals surface area contributed by atoms with Gasteiger partial charge in [-0.1, -0.05) is 12.1 Å². The third-order valence-corrected chi connectivity index (χ3v) is 5.11. The van der Waals surface area contributed by atoms with E-state index >= 15 is 0 Å². The quantitative estimate of drug-likeness (QED) is 0.652. The average Bonchev–Trinajstić information content (AvgIpc) is 2.75. The van der Waals surface area contributed by atoms with E-state index < -0.39 is 0 Å². The van der Waals surface area contributed by atoms with E-state index in [0.29, 0.717) is 35.7 Å². The van der Waals surface area contributed by atoms with Crippen LogP contribution in [0.3, 0.4) is 0 Å². The third kappa shape index (κ3) is 3.57. The van der Waals surface area contributed by atoms with E-state index in [2.05, 4.69) is 11.1 Å². The number of carbonyl (C=O) groups is 1. The van der Waals surface area contributed by atoms with Crippen molar-refractivity contribution in [2.45, 2.75) is 26.4 Å². The van der Waals surface area contributed by atoms with Crippen molar-refractivity contribution >= 4 is 5.78 Å². The number of Topliss-reactive ketones (excluding diaryl/α,β-unsaturated/α-hetero) is 1. The molecule has 1 aliphatic heterocycles. The van der Waals surface area contributed by atoms with E-state index in [1.807, 2.05) is 44.2 Å². The fraction of sp³-hybridized carbons (Fsp3) is 0.208. The van der Waals surface area contributed by atoms with Crippen LogP contribution in [0.15, 0.2) is 54.9 Å². The van der Waals surface area contributed by atoms with Gasteiger partial charge in [0.1, 0.15) is 17.6 Å². The molecular formula is C24H20N2O3. The van der Waals surface area contributed by atoms with Crippen molar-refractivity contribution < 1.29 is 14.3 Å². The van der Waals surface area contributed by atoms with Gasteiger partial charge in [-0.25, -0.2) is 0 Å². The Morgan fingerprint density at radius 1 is 1.10 bits per heavy atom. The number of ketones is 1. The van der Waals surface area contributed by atoms with E-state index in [-0.39, 0.29) is 11.9 Å². The van der Waals surface area contributed by atoms with Gasteiger partial charge in [0.2, 0.25) is 0 Å². The van der Waals surface area contributed by atoms with Gasteiger partial charge >= 0.3 is 0 Å². The number of ether oxygens (including phenoxy) is 2. The van der Waals surface area contributed by atoms with Crippen LogP contribution in [-0.4, -0.2) is 17.4 Å². The summed E-state index contributed by atoms with van der Waals surface area (Å²) in [6.45, 7) is 4.24. The van der Waals surface area contributed by atoms with Gasteiger partial charge in [-0.2, -0.15) is 5.26 Å². The minimum Gasteiger partial charge on any atom is -0.492 e. The first kappa shape index (κ1) is 18.7. The van der Waals surface area contributed by atoms with Crippen LogP contribution in [0.5, 0.6) is 11.5 Å². The van der Waals surface area contributed by atoms with Crippen LogP contribution in [-0.2, 0) is 0 Å². The molecule has 0 saturated carbocycles. The van der Waals surface area contributed by atoms with Gasteiger partial charge in [0.15, 0.2) is 5.78 Å². The Morgan fingerprint density at radius 3 is 2.48 bits per heavy atom. The summed E-state index contributed by atoms with van der Waals surface area (Å²) in [6.07, 6.45) is 3.46. The largest absolute Gasteiger partial charge is 0.492 e. The fourth-order valence-electron chi connectivity index (χ4n) is 3.62. The molecule has 5 nitrogen and oxygen atoms in total. The number of aromatic nitrogens is 1. The van der Waals surface area contributed by atoms with Crippen LogP contribution < -0.4 is 9.47 Å². The molecular weight excluding hydrogens is 364 g/mol. The van der Waals surface area contributed by atoms with E-state index in [1.54, 1.807) is 24.5 Å². The van der Waals surface area contributed by atoms with Crippen LogP contribution >= 0.6 is 0 Å². The lowest BCUT2D eigenvalue weighted by Gasteiger charge is -2.26. The molecule has 0 saturated heterocycles. The van der Waals surface area contributed by atoms with Gasteiger partial charge in [-0.15, -0.1) is 0 Å². The van der Waals surface area contributed by atoms with Crippen LogP contribution in [0.25, 0.3) is 0 Å². The van der Waals surface area contributed by atoms with Gasteiger partial charge in [0, 0.05) is 24.4 Å². The van der Waals surface area contributed by atoms with Crippen molar-refractivity contribution in [3.05, 3.63) is 88.2 Å². The molecule has 1 aromatic heterocycles. The molecule has 0 amide bonds. The zero-order valence-electron chi connectivity index (χ0n) is 16.3. The summed E-state index contributed by atoms with van der Waals surface area (Å²) in [7, 11) is 0. The molecule has 5 heteroatoms. The zero-order valence-corrected chi connectivity index (χ0v) is 16.3. The van der Waals surface area contributed by atoms with Crippen LogP contribution in [0, 0.1) is 25.2 Å². The molecule has 2 aromatic carbocycles. The van der Waals surface area contributed by atoms with Crippen LogP contribution in [0.2, 0.25) is 0 Å². The maximum Gasteiger partial charge on any atom is 0.170 e. The van der Waals surface area contributed by atoms with Gasteiger partial charge in [-0.05, 0) is 60.9 Å². The van der Waals surface area contributed by atoms with E-state index in [4.69, 9.17) is 14.7 Å². The van der Waals surface area contributed by atoms with E-state index in [9.17, 15) is 4.79 Å². The smallest absolute Gasteiger partial charge is 0.170 e. The molecule has 0 aliphatic carbocycles. The highest BCUT2D eigenvalue weighted by Gasteiger charge is 2.26. The second-order valence-electron chi connectivity index (χ2n) is 7.06. The predicted molar refractivity (Wildman–Crippen MR) is 108 cm³/mol. The molecule has 0 N–H and O–H groups in total. The summed E-state index contributed by atoms with van der Waals surface area (Å²) in [6, 6.07) is 15.2. The Labute approximate surface area is 169 Å². The summed E-state index contributed by atoms with van der Waals surface area (Å²) in [5.74, 6) is 1.40. The number of hydrogen-bond donors (Lipinski definition) is 0. The number of hydrogen-bond acceptors (Lipinski definition) is 5. The maximum absolute atomic E-state index is 12.3. The number of pyridine rings is 1. The molecule has 0 fully saturated rings. The molecule has 2 heterocycles. The normalized spacial score (nSPS) is 13.8. The molecule has 1 aliphatic rings. The van der Waals surface area contributed by atoms with Gasteiger partial charge in [-0.3, -0.25) is 9.78 Å². The van der Waals surface area contributed by atoms with Crippen LogP contribution in [0.4, 0.5) is 0 Å². The van der Waals surface area contributed by atoms with Crippen molar-refractivity contribution in [2.24, 2.45) is 0 Å². The van der Waals surface area contributed by atoms with Crippen molar-refractivity contribution in [2.75, 3.05) is 6.61 Å². The Hall–Kier alpha value is -3.65. The summed E-state index contributed by atoms with van der Waals surface area (Å²) in [5, 5.41) is 9.10.